The Labute approximate surface area is 145 Å². The lowest BCUT2D eigenvalue weighted by atomic mass is 9.92. The van der Waals surface area contributed by atoms with Gasteiger partial charge in [0.15, 0.2) is 5.65 Å². The molecule has 1 N–H and O–H groups in total. The lowest BCUT2D eigenvalue weighted by Gasteiger charge is -2.32. The molecule has 0 aromatic carbocycles. The van der Waals surface area contributed by atoms with Crippen LogP contribution in [0.2, 0.25) is 0 Å². The molecular weight excluding hydrogens is 338 g/mol. The Kier molecular flexibility index (Phi) is 3.33. The molecule has 0 bridgehead atoms. The van der Waals surface area contributed by atoms with Gasteiger partial charge in [0.1, 0.15) is 0 Å². The molecule has 5 rings (SSSR count). The minimum Gasteiger partial charge on any atom is -0.282 e. The summed E-state index contributed by atoms with van der Waals surface area (Å²) >= 11 is 0. The number of nitrogens with one attached hydrogen (secondary N) is 1. The summed E-state index contributed by atoms with van der Waals surface area (Å²) in [5, 5.41) is 10.3. The van der Waals surface area contributed by atoms with Gasteiger partial charge in [0.05, 0.1) is 11.4 Å². The second-order valence-electron chi connectivity index (χ2n) is 7.00. The van der Waals surface area contributed by atoms with E-state index in [0.29, 0.717) is 18.7 Å². The van der Waals surface area contributed by atoms with E-state index in [-0.39, 0.29) is 11.2 Å². The van der Waals surface area contributed by atoms with Gasteiger partial charge in [0, 0.05) is 53.3 Å². The van der Waals surface area contributed by atoms with Gasteiger partial charge in [0.25, 0.3) is 0 Å². The maximum Gasteiger partial charge on any atom is 0.217 e. The van der Waals surface area contributed by atoms with Crippen molar-refractivity contribution in [3.05, 3.63) is 30.4 Å². The minimum absolute atomic E-state index is 0.110. The van der Waals surface area contributed by atoms with Crippen molar-refractivity contribution in [2.45, 2.75) is 36.9 Å². The van der Waals surface area contributed by atoms with Crippen LogP contribution >= 0.6 is 0 Å². The smallest absolute Gasteiger partial charge is 0.217 e. The minimum atomic E-state index is -3.14. The molecule has 0 spiro atoms. The van der Waals surface area contributed by atoms with Gasteiger partial charge in [-0.15, -0.1) is 0 Å². The fourth-order valence-corrected chi connectivity index (χ4v) is 5.81. The Balaban J connectivity index is 1.59. The van der Waals surface area contributed by atoms with Crippen molar-refractivity contribution < 1.29 is 8.42 Å². The van der Waals surface area contributed by atoms with Crippen LogP contribution in [0.25, 0.3) is 21.8 Å². The Bertz CT molecular complexity index is 1060. The topological polar surface area (TPSA) is 91.8 Å². The zero-order valence-corrected chi connectivity index (χ0v) is 14.5. The van der Waals surface area contributed by atoms with Crippen LogP contribution in [0.5, 0.6) is 0 Å². The van der Waals surface area contributed by atoms with Crippen LogP contribution in [0.15, 0.2) is 24.7 Å². The molecule has 2 fully saturated rings. The molecule has 1 atom stereocenters. The average molecular weight is 357 g/mol. The fraction of sp³-hybridized carbons (Fsp3) is 0.471. The van der Waals surface area contributed by atoms with Crippen LogP contribution in [0.1, 0.15) is 37.3 Å². The number of pyridine rings is 1. The third kappa shape index (κ3) is 2.43. The highest BCUT2D eigenvalue weighted by atomic mass is 32.2. The second kappa shape index (κ2) is 5.47. The molecule has 2 aliphatic rings. The van der Waals surface area contributed by atoms with Crippen molar-refractivity contribution in [1.82, 2.24) is 24.5 Å². The van der Waals surface area contributed by atoms with Crippen LogP contribution in [0, 0.1) is 0 Å². The van der Waals surface area contributed by atoms with Gasteiger partial charge in [-0.2, -0.15) is 5.10 Å². The van der Waals surface area contributed by atoms with Gasteiger partial charge in [-0.05, 0) is 31.7 Å². The van der Waals surface area contributed by atoms with Crippen LogP contribution in [0.3, 0.4) is 0 Å². The van der Waals surface area contributed by atoms with Crippen molar-refractivity contribution in [3.8, 4) is 0 Å². The molecule has 1 unspecified atom stereocenters. The zero-order chi connectivity index (χ0) is 17.0. The quantitative estimate of drug-likeness (QED) is 0.776. The molecule has 130 valence electrons. The normalized spacial score (nSPS) is 22.6. The fourth-order valence-electron chi connectivity index (χ4n) is 3.88. The number of rotatable bonds is 3. The Morgan fingerprint density at radius 1 is 1.16 bits per heavy atom. The molecule has 0 amide bonds. The molecule has 3 aromatic heterocycles. The summed E-state index contributed by atoms with van der Waals surface area (Å²) in [7, 11) is -3.14. The summed E-state index contributed by atoms with van der Waals surface area (Å²) < 4.78 is 27.0. The van der Waals surface area contributed by atoms with E-state index >= 15 is 0 Å². The maximum atomic E-state index is 12.6. The first-order chi connectivity index (χ1) is 12.1. The van der Waals surface area contributed by atoms with Gasteiger partial charge in [-0.1, -0.05) is 0 Å². The summed E-state index contributed by atoms with van der Waals surface area (Å²) in [6.07, 6.45) is 8.73. The molecule has 1 saturated heterocycles. The van der Waals surface area contributed by atoms with Crippen LogP contribution in [0.4, 0.5) is 0 Å². The second-order valence-corrected chi connectivity index (χ2v) is 9.21. The molecule has 8 heteroatoms. The molecule has 1 aliphatic heterocycles. The number of piperidine rings is 1. The van der Waals surface area contributed by atoms with Crippen molar-refractivity contribution in [2.75, 3.05) is 13.1 Å². The Morgan fingerprint density at radius 2 is 2.04 bits per heavy atom. The molecule has 1 saturated carbocycles. The van der Waals surface area contributed by atoms with Crippen LogP contribution in [-0.4, -0.2) is 51.2 Å². The summed E-state index contributed by atoms with van der Waals surface area (Å²) in [6.45, 7) is 1.15. The van der Waals surface area contributed by atoms with Gasteiger partial charge < -0.3 is 0 Å². The summed E-state index contributed by atoms with van der Waals surface area (Å²) in [6, 6.07) is 1.96. The number of aromatic amines is 1. The SMILES string of the molecule is O=S(=O)(C1CC1)N1CCCC(c2[nH]ncc3cnc4nccc4c23)C1. The molecule has 1 aliphatic carbocycles. The van der Waals surface area contributed by atoms with E-state index in [1.54, 1.807) is 22.9 Å². The maximum absolute atomic E-state index is 12.6. The molecule has 3 aromatic rings. The third-order valence-corrected chi connectivity index (χ3v) is 7.68. The number of hydrogen-bond acceptors (Lipinski definition) is 5. The van der Waals surface area contributed by atoms with E-state index in [2.05, 4.69) is 20.2 Å². The number of nitrogens with zero attached hydrogens (tertiary/aromatic N) is 4. The Hall–Kier alpha value is -2.06. The molecule has 25 heavy (non-hydrogen) atoms. The van der Waals surface area contributed by atoms with Crippen molar-refractivity contribution in [1.29, 1.82) is 0 Å². The number of fused-ring (bicyclic) bond motifs is 3. The average Bonchev–Trinajstić information content (AvgIpc) is 3.39. The highest BCUT2D eigenvalue weighted by Gasteiger charge is 2.42. The summed E-state index contributed by atoms with van der Waals surface area (Å²) in [5.41, 5.74) is 1.71. The monoisotopic (exact) mass is 357 g/mol. The predicted molar refractivity (Wildman–Crippen MR) is 94.7 cm³/mol. The molecule has 0 radical (unpaired) electrons. The molecule has 7 nitrogen and oxygen atoms in total. The number of aromatic nitrogens is 4. The van der Waals surface area contributed by atoms with E-state index in [4.69, 9.17) is 0 Å². The first kappa shape index (κ1) is 15.2. The van der Waals surface area contributed by atoms with Crippen molar-refractivity contribution >= 4 is 31.8 Å². The molecule has 4 heterocycles. The molecular formula is C17H19N5O2S. The van der Waals surface area contributed by atoms with Gasteiger partial charge in [-0.3, -0.25) is 5.10 Å². The standard InChI is InChI=1S/C17H19N5O2S/c23-25(24,13-3-4-13)22-7-1-2-11(10-22)16-15-12(9-20-21-16)8-19-17-14(15)5-6-18-17/h5-6,8-9,11,13,21H,1-4,7,10H2. The van der Waals surface area contributed by atoms with Gasteiger partial charge in [0.2, 0.25) is 10.0 Å². The number of hydrogen-bond donors (Lipinski definition) is 1. The first-order valence-electron chi connectivity index (χ1n) is 8.70. The van der Waals surface area contributed by atoms with Crippen LogP contribution in [-0.2, 0) is 10.0 Å². The van der Waals surface area contributed by atoms with E-state index in [1.807, 2.05) is 6.07 Å². The van der Waals surface area contributed by atoms with E-state index < -0.39 is 10.0 Å². The van der Waals surface area contributed by atoms with E-state index in [9.17, 15) is 8.42 Å². The van der Waals surface area contributed by atoms with Gasteiger partial charge >= 0.3 is 0 Å². The first-order valence-corrected chi connectivity index (χ1v) is 10.2. The van der Waals surface area contributed by atoms with E-state index in [1.165, 1.54) is 0 Å². The third-order valence-electron chi connectivity index (χ3n) is 5.32. The van der Waals surface area contributed by atoms with Gasteiger partial charge in [-0.25, -0.2) is 22.7 Å². The highest BCUT2D eigenvalue weighted by Crippen LogP contribution is 2.37. The zero-order valence-electron chi connectivity index (χ0n) is 13.7. The largest absolute Gasteiger partial charge is 0.282 e. The van der Waals surface area contributed by atoms with Crippen molar-refractivity contribution in [2.24, 2.45) is 0 Å². The van der Waals surface area contributed by atoms with Crippen molar-refractivity contribution in [3.63, 3.8) is 0 Å². The summed E-state index contributed by atoms with van der Waals surface area (Å²) in [4.78, 5) is 8.66. The summed E-state index contributed by atoms with van der Waals surface area (Å²) in [5.74, 6) is 0.110. The lowest BCUT2D eigenvalue weighted by molar-refractivity contribution is 0.312. The number of H-pyrrole nitrogens is 1. The number of sulfonamides is 1. The van der Waals surface area contributed by atoms with E-state index in [0.717, 1.165) is 47.5 Å². The highest BCUT2D eigenvalue weighted by molar-refractivity contribution is 7.90. The Morgan fingerprint density at radius 3 is 2.88 bits per heavy atom. The predicted octanol–water partition coefficient (Wildman–Crippen LogP) is 2.18. The lowest BCUT2D eigenvalue weighted by Crippen LogP contribution is -2.41. The van der Waals surface area contributed by atoms with Crippen LogP contribution < -0.4 is 0 Å².